The van der Waals surface area contributed by atoms with Gasteiger partial charge in [0.25, 0.3) is 0 Å². The average molecular weight is 347 g/mol. The molecule has 21 heavy (non-hydrogen) atoms. The van der Waals surface area contributed by atoms with Crippen molar-refractivity contribution in [2.45, 2.75) is 18.2 Å². The fourth-order valence-corrected chi connectivity index (χ4v) is 4.05. The van der Waals surface area contributed by atoms with Crippen molar-refractivity contribution in [1.29, 1.82) is 0 Å². The smallest absolute Gasteiger partial charge is 0.244 e. The predicted octanol–water partition coefficient (Wildman–Crippen LogP) is 2.63. The maximum Gasteiger partial charge on any atom is 0.244 e. The molecule has 1 aromatic carbocycles. The third-order valence-electron chi connectivity index (χ3n) is 2.90. The first kappa shape index (κ1) is 16.2. The monoisotopic (exact) mass is 346 g/mol. The van der Waals surface area contributed by atoms with Crippen molar-refractivity contribution >= 4 is 33.0 Å². The lowest BCUT2D eigenvalue weighted by molar-refractivity contribution is 0.402. The highest BCUT2D eigenvalue weighted by atomic mass is 35.5. The van der Waals surface area contributed by atoms with E-state index in [9.17, 15) is 8.42 Å². The Morgan fingerprint density at radius 2 is 2.19 bits per heavy atom. The molecule has 1 aromatic heterocycles. The first-order valence-corrected chi connectivity index (χ1v) is 8.90. The molecule has 1 heterocycles. The van der Waals surface area contributed by atoms with E-state index in [-0.39, 0.29) is 10.6 Å². The number of aromatic nitrogens is 1. The molecule has 5 nitrogen and oxygen atoms in total. The minimum Gasteiger partial charge on any atom is -0.495 e. The van der Waals surface area contributed by atoms with Gasteiger partial charge in [-0.25, -0.2) is 18.1 Å². The van der Waals surface area contributed by atoms with Gasteiger partial charge >= 0.3 is 0 Å². The number of sulfonamides is 1. The van der Waals surface area contributed by atoms with Gasteiger partial charge in [0.05, 0.1) is 18.3 Å². The quantitative estimate of drug-likeness (QED) is 0.873. The number of aryl methyl sites for hydroxylation is 1. The Kier molecular flexibility index (Phi) is 5.21. The molecule has 0 unspecified atom stereocenters. The van der Waals surface area contributed by atoms with Crippen LogP contribution in [0.5, 0.6) is 5.75 Å². The van der Waals surface area contributed by atoms with E-state index in [1.54, 1.807) is 11.6 Å². The number of hydrogen-bond donors (Lipinski definition) is 1. The van der Waals surface area contributed by atoms with Crippen LogP contribution in [0.1, 0.15) is 10.6 Å². The van der Waals surface area contributed by atoms with Crippen LogP contribution in [0, 0.1) is 6.92 Å². The molecule has 0 atom stereocenters. The number of nitrogens with zero attached hydrogens (tertiary/aromatic N) is 1. The predicted molar refractivity (Wildman–Crippen MR) is 83.7 cm³/mol. The highest BCUT2D eigenvalue weighted by molar-refractivity contribution is 7.89. The summed E-state index contributed by atoms with van der Waals surface area (Å²) in [5.41, 5.74) is 2.68. The Hall–Kier alpha value is -1.15. The number of hydrogen-bond acceptors (Lipinski definition) is 5. The van der Waals surface area contributed by atoms with E-state index in [0.29, 0.717) is 18.0 Å². The Balaban J connectivity index is 2.12. The molecule has 8 heteroatoms. The minimum atomic E-state index is -3.67. The number of methoxy groups -OCH3 is 1. The van der Waals surface area contributed by atoms with Crippen molar-refractivity contribution in [1.82, 2.24) is 9.71 Å². The number of thiazole rings is 1. The molecule has 2 aromatic rings. The lowest BCUT2D eigenvalue weighted by Crippen LogP contribution is -2.26. The van der Waals surface area contributed by atoms with Crippen molar-refractivity contribution in [2.75, 3.05) is 13.7 Å². The fraction of sp³-hybridized carbons (Fsp3) is 0.308. The first-order chi connectivity index (χ1) is 9.94. The Labute approximate surface area is 133 Å². The lowest BCUT2D eigenvalue weighted by atomic mass is 10.3. The van der Waals surface area contributed by atoms with Crippen molar-refractivity contribution in [2.24, 2.45) is 0 Å². The van der Waals surface area contributed by atoms with E-state index in [1.165, 1.54) is 30.6 Å². The SMILES string of the molecule is COc1ccc(Cl)cc1S(=O)(=O)NCCc1scnc1C. The summed E-state index contributed by atoms with van der Waals surface area (Å²) >= 11 is 7.38. The third kappa shape index (κ3) is 3.94. The summed E-state index contributed by atoms with van der Waals surface area (Å²) in [7, 11) is -2.25. The Morgan fingerprint density at radius 1 is 1.43 bits per heavy atom. The summed E-state index contributed by atoms with van der Waals surface area (Å²) in [6.07, 6.45) is 0.596. The maximum atomic E-state index is 12.3. The summed E-state index contributed by atoms with van der Waals surface area (Å²) in [5, 5.41) is 0.342. The number of halogens is 1. The molecule has 1 N–H and O–H groups in total. The second kappa shape index (κ2) is 6.74. The van der Waals surface area contributed by atoms with Crippen LogP contribution < -0.4 is 9.46 Å². The van der Waals surface area contributed by atoms with Gasteiger partial charge in [0, 0.05) is 16.4 Å². The summed E-state index contributed by atoms with van der Waals surface area (Å²) < 4.78 is 32.3. The molecule has 0 saturated heterocycles. The number of nitrogens with one attached hydrogen (secondary N) is 1. The molecule has 0 spiro atoms. The van der Waals surface area contributed by atoms with E-state index in [2.05, 4.69) is 9.71 Å². The fourth-order valence-electron chi connectivity index (χ4n) is 1.80. The molecule has 0 aliphatic heterocycles. The van der Waals surface area contributed by atoms with Gasteiger partial charge in [-0.1, -0.05) is 11.6 Å². The van der Waals surface area contributed by atoms with Gasteiger partial charge in [-0.2, -0.15) is 0 Å². The van der Waals surface area contributed by atoms with Gasteiger partial charge in [-0.3, -0.25) is 0 Å². The van der Waals surface area contributed by atoms with E-state index in [4.69, 9.17) is 16.3 Å². The normalized spacial score (nSPS) is 11.6. The molecular formula is C13H15ClN2O3S2. The number of ether oxygens (including phenoxy) is 1. The zero-order chi connectivity index (χ0) is 15.5. The van der Waals surface area contributed by atoms with Gasteiger partial charge in [-0.15, -0.1) is 11.3 Å². The van der Waals surface area contributed by atoms with E-state index in [1.807, 2.05) is 6.92 Å². The van der Waals surface area contributed by atoms with Crippen LogP contribution in [-0.2, 0) is 16.4 Å². The van der Waals surface area contributed by atoms with Crippen molar-refractivity contribution in [3.8, 4) is 5.75 Å². The topological polar surface area (TPSA) is 68.3 Å². The van der Waals surface area contributed by atoms with Crippen LogP contribution in [0.3, 0.4) is 0 Å². The summed E-state index contributed by atoms with van der Waals surface area (Å²) in [5.74, 6) is 0.265. The minimum absolute atomic E-state index is 0.0403. The molecule has 0 fully saturated rings. The van der Waals surface area contributed by atoms with Crippen LogP contribution in [0.4, 0.5) is 0 Å². The van der Waals surface area contributed by atoms with Crippen molar-refractivity contribution < 1.29 is 13.2 Å². The standard InChI is InChI=1S/C13H15ClN2O3S2/c1-9-12(20-8-15-9)5-6-16-21(17,18)13-7-10(14)3-4-11(13)19-2/h3-4,7-8,16H,5-6H2,1-2H3. The lowest BCUT2D eigenvalue weighted by Gasteiger charge is -2.10. The van der Waals surface area contributed by atoms with Crippen molar-refractivity contribution in [3.05, 3.63) is 39.3 Å². The molecular weight excluding hydrogens is 332 g/mol. The van der Waals surface area contributed by atoms with Gasteiger partial charge in [0.1, 0.15) is 10.6 Å². The third-order valence-corrected chi connectivity index (χ3v) is 5.62. The average Bonchev–Trinajstić information content (AvgIpc) is 2.84. The molecule has 114 valence electrons. The maximum absolute atomic E-state index is 12.3. The second-order valence-corrected chi connectivity index (χ2v) is 7.42. The van der Waals surface area contributed by atoms with E-state index >= 15 is 0 Å². The molecule has 0 radical (unpaired) electrons. The molecule has 0 saturated carbocycles. The Morgan fingerprint density at radius 3 is 2.81 bits per heavy atom. The zero-order valence-corrected chi connectivity index (χ0v) is 14.0. The van der Waals surface area contributed by atoms with Crippen LogP contribution in [0.15, 0.2) is 28.6 Å². The van der Waals surface area contributed by atoms with Crippen molar-refractivity contribution in [3.63, 3.8) is 0 Å². The van der Waals surface area contributed by atoms with E-state index in [0.717, 1.165) is 10.6 Å². The second-order valence-electron chi connectivity index (χ2n) is 4.30. The summed E-state index contributed by atoms with van der Waals surface area (Å²) in [6.45, 7) is 2.20. The van der Waals surface area contributed by atoms with Crippen LogP contribution in [0.25, 0.3) is 0 Å². The largest absolute Gasteiger partial charge is 0.495 e. The van der Waals surface area contributed by atoms with Crippen LogP contribution >= 0.6 is 22.9 Å². The van der Waals surface area contributed by atoms with Gasteiger partial charge in [0.2, 0.25) is 10.0 Å². The highest BCUT2D eigenvalue weighted by Gasteiger charge is 2.19. The molecule has 0 bridgehead atoms. The number of benzene rings is 1. The molecule has 0 amide bonds. The first-order valence-electron chi connectivity index (χ1n) is 6.16. The van der Waals surface area contributed by atoms with Gasteiger partial charge in [0.15, 0.2) is 0 Å². The van der Waals surface area contributed by atoms with Gasteiger partial charge < -0.3 is 4.74 Å². The highest BCUT2D eigenvalue weighted by Crippen LogP contribution is 2.26. The molecule has 2 rings (SSSR count). The molecule has 0 aliphatic rings. The van der Waals surface area contributed by atoms with Crippen LogP contribution in [-0.4, -0.2) is 27.1 Å². The zero-order valence-electron chi connectivity index (χ0n) is 11.6. The summed E-state index contributed by atoms with van der Waals surface area (Å²) in [6, 6.07) is 4.49. The number of rotatable bonds is 6. The van der Waals surface area contributed by atoms with Crippen LogP contribution in [0.2, 0.25) is 5.02 Å². The summed E-state index contributed by atoms with van der Waals surface area (Å²) in [4.78, 5) is 5.24. The van der Waals surface area contributed by atoms with E-state index < -0.39 is 10.0 Å². The van der Waals surface area contributed by atoms with Gasteiger partial charge in [-0.05, 0) is 31.5 Å². The molecule has 0 aliphatic carbocycles. The Bertz CT molecular complexity index is 729.